The van der Waals surface area contributed by atoms with Gasteiger partial charge in [-0.15, -0.1) is 0 Å². The molecule has 0 aliphatic carbocycles. The molecule has 0 saturated heterocycles. The summed E-state index contributed by atoms with van der Waals surface area (Å²) in [5, 5.41) is 5.20. The Balaban J connectivity index is 1.96. The second-order valence-corrected chi connectivity index (χ2v) is 7.22. The van der Waals surface area contributed by atoms with Crippen molar-refractivity contribution in [2.45, 2.75) is 27.7 Å². The second-order valence-electron chi connectivity index (χ2n) is 6.78. The van der Waals surface area contributed by atoms with Gasteiger partial charge in [-0.3, -0.25) is 4.57 Å². The maximum Gasteiger partial charge on any atom is 0.150 e. The van der Waals surface area contributed by atoms with Crippen LogP contribution in [-0.2, 0) is 0 Å². The monoisotopic (exact) mass is 376 g/mol. The molecule has 2 aromatic carbocycles. The number of aromatic nitrogens is 3. The second kappa shape index (κ2) is 6.71. The maximum atomic E-state index is 6.20. The summed E-state index contributed by atoms with van der Waals surface area (Å²) in [5.41, 5.74) is 6.38. The number of halogens is 1. The highest BCUT2D eigenvalue weighted by Gasteiger charge is 2.19. The van der Waals surface area contributed by atoms with Crippen LogP contribution in [0.1, 0.15) is 22.6 Å². The van der Waals surface area contributed by atoms with E-state index < -0.39 is 0 Å². The van der Waals surface area contributed by atoms with Crippen LogP contribution in [0.4, 0.5) is 11.5 Å². The van der Waals surface area contributed by atoms with Crippen LogP contribution >= 0.6 is 11.6 Å². The third-order valence-electron chi connectivity index (χ3n) is 4.93. The van der Waals surface area contributed by atoms with Gasteiger partial charge in [-0.25, -0.2) is 9.97 Å². The summed E-state index contributed by atoms with van der Waals surface area (Å²) < 4.78 is 2.19. The predicted molar refractivity (Wildman–Crippen MR) is 113 cm³/mol. The van der Waals surface area contributed by atoms with Crippen LogP contribution in [0.15, 0.2) is 48.5 Å². The molecule has 136 valence electrons. The smallest absolute Gasteiger partial charge is 0.150 e. The van der Waals surface area contributed by atoms with E-state index in [0.717, 1.165) is 50.9 Å². The van der Waals surface area contributed by atoms with E-state index in [2.05, 4.69) is 42.8 Å². The lowest BCUT2D eigenvalue weighted by Gasteiger charge is -2.12. The summed E-state index contributed by atoms with van der Waals surface area (Å²) in [5.74, 6) is 1.53. The van der Waals surface area contributed by atoms with Gasteiger partial charge in [0.1, 0.15) is 11.6 Å². The highest BCUT2D eigenvalue weighted by molar-refractivity contribution is 6.30. The molecule has 0 spiro atoms. The molecular weight excluding hydrogens is 356 g/mol. The van der Waals surface area contributed by atoms with Gasteiger partial charge in [-0.05, 0) is 63.1 Å². The van der Waals surface area contributed by atoms with Crippen molar-refractivity contribution in [1.29, 1.82) is 0 Å². The molecule has 2 heterocycles. The van der Waals surface area contributed by atoms with Crippen molar-refractivity contribution in [1.82, 2.24) is 14.5 Å². The molecule has 4 nitrogen and oxygen atoms in total. The largest absolute Gasteiger partial charge is 0.339 e. The average Bonchev–Trinajstić information content (AvgIpc) is 2.89. The SMILES string of the molecule is Cc1nc(Nc2cc(Cl)ccc2C)c2c(C)c(C)n(-c3ccccc3)c2n1. The molecule has 0 amide bonds. The Hall–Kier alpha value is -2.85. The van der Waals surface area contributed by atoms with Crippen LogP contribution in [0.2, 0.25) is 5.02 Å². The van der Waals surface area contributed by atoms with E-state index in [4.69, 9.17) is 21.6 Å². The molecule has 2 aromatic heterocycles. The maximum absolute atomic E-state index is 6.20. The lowest BCUT2D eigenvalue weighted by Crippen LogP contribution is -2.02. The fraction of sp³-hybridized carbons (Fsp3) is 0.182. The lowest BCUT2D eigenvalue weighted by molar-refractivity contribution is 0.995. The number of benzene rings is 2. The minimum atomic E-state index is 0.694. The molecule has 0 fully saturated rings. The number of nitrogens with one attached hydrogen (secondary N) is 1. The molecular formula is C22H21ClN4. The van der Waals surface area contributed by atoms with E-state index in [1.165, 1.54) is 0 Å². The summed E-state index contributed by atoms with van der Waals surface area (Å²) >= 11 is 6.20. The van der Waals surface area contributed by atoms with Gasteiger partial charge in [0, 0.05) is 22.1 Å². The molecule has 0 aliphatic heterocycles. The quantitative estimate of drug-likeness (QED) is 0.473. The van der Waals surface area contributed by atoms with Crippen molar-refractivity contribution < 1.29 is 0 Å². The Morgan fingerprint density at radius 1 is 0.926 bits per heavy atom. The van der Waals surface area contributed by atoms with E-state index in [0.29, 0.717) is 5.02 Å². The van der Waals surface area contributed by atoms with Crippen LogP contribution in [0.5, 0.6) is 0 Å². The molecule has 4 aromatic rings. The van der Waals surface area contributed by atoms with Crippen molar-refractivity contribution in [2.24, 2.45) is 0 Å². The lowest BCUT2D eigenvalue weighted by atomic mass is 10.1. The molecule has 27 heavy (non-hydrogen) atoms. The zero-order chi connectivity index (χ0) is 19.1. The zero-order valence-corrected chi connectivity index (χ0v) is 16.6. The van der Waals surface area contributed by atoms with Crippen molar-refractivity contribution in [3.63, 3.8) is 0 Å². The molecule has 1 N–H and O–H groups in total. The number of aryl methyl sites for hydroxylation is 3. The van der Waals surface area contributed by atoms with Gasteiger partial charge in [0.15, 0.2) is 5.65 Å². The first-order valence-electron chi connectivity index (χ1n) is 8.90. The van der Waals surface area contributed by atoms with Crippen molar-refractivity contribution >= 4 is 34.1 Å². The predicted octanol–water partition coefficient (Wildman–Crippen LogP) is 6.05. The number of hydrogen-bond acceptors (Lipinski definition) is 3. The Morgan fingerprint density at radius 2 is 1.67 bits per heavy atom. The number of rotatable bonds is 3. The highest BCUT2D eigenvalue weighted by Crippen LogP contribution is 2.34. The average molecular weight is 377 g/mol. The Bertz CT molecular complexity index is 1150. The van der Waals surface area contributed by atoms with Gasteiger partial charge >= 0.3 is 0 Å². The van der Waals surface area contributed by atoms with Crippen LogP contribution in [0.25, 0.3) is 16.7 Å². The summed E-state index contributed by atoms with van der Waals surface area (Å²) in [6.45, 7) is 8.21. The van der Waals surface area contributed by atoms with Crippen molar-refractivity contribution in [2.75, 3.05) is 5.32 Å². The summed E-state index contributed by atoms with van der Waals surface area (Å²) in [6, 6.07) is 16.1. The number of anilines is 2. The molecule has 0 unspecified atom stereocenters. The van der Waals surface area contributed by atoms with E-state index in [1.807, 2.05) is 43.3 Å². The fourth-order valence-corrected chi connectivity index (χ4v) is 3.58. The van der Waals surface area contributed by atoms with Gasteiger partial charge in [0.05, 0.1) is 5.39 Å². The van der Waals surface area contributed by atoms with E-state index in [-0.39, 0.29) is 0 Å². The van der Waals surface area contributed by atoms with Crippen LogP contribution in [0.3, 0.4) is 0 Å². The molecule has 0 radical (unpaired) electrons. The molecule has 5 heteroatoms. The third-order valence-corrected chi connectivity index (χ3v) is 5.17. The topological polar surface area (TPSA) is 42.7 Å². The van der Waals surface area contributed by atoms with Crippen LogP contribution in [-0.4, -0.2) is 14.5 Å². The highest BCUT2D eigenvalue weighted by atomic mass is 35.5. The van der Waals surface area contributed by atoms with Crippen molar-refractivity contribution in [3.8, 4) is 5.69 Å². The first-order valence-corrected chi connectivity index (χ1v) is 9.28. The Morgan fingerprint density at radius 3 is 2.41 bits per heavy atom. The van der Waals surface area contributed by atoms with E-state index >= 15 is 0 Å². The van der Waals surface area contributed by atoms with E-state index in [9.17, 15) is 0 Å². The van der Waals surface area contributed by atoms with Gasteiger partial charge in [-0.2, -0.15) is 0 Å². The number of fused-ring (bicyclic) bond motifs is 1. The fourth-order valence-electron chi connectivity index (χ4n) is 3.41. The van der Waals surface area contributed by atoms with Crippen molar-refractivity contribution in [3.05, 3.63) is 76.2 Å². The standard InChI is InChI=1S/C22H21ClN4/c1-13-10-11-17(23)12-19(13)26-21-20-14(2)15(3)27(18-8-6-5-7-9-18)22(20)25-16(4)24-21/h5-12H,1-4H3,(H,24,25,26). The van der Waals surface area contributed by atoms with Gasteiger partial charge in [0.2, 0.25) is 0 Å². The normalized spacial score (nSPS) is 11.1. The van der Waals surface area contributed by atoms with Gasteiger partial charge in [-0.1, -0.05) is 35.9 Å². The molecule has 4 rings (SSSR count). The number of para-hydroxylation sites is 1. The van der Waals surface area contributed by atoms with Crippen LogP contribution in [0, 0.1) is 27.7 Å². The minimum Gasteiger partial charge on any atom is -0.339 e. The van der Waals surface area contributed by atoms with E-state index in [1.54, 1.807) is 0 Å². The zero-order valence-electron chi connectivity index (χ0n) is 15.8. The first kappa shape index (κ1) is 17.6. The van der Waals surface area contributed by atoms with Crippen LogP contribution < -0.4 is 5.32 Å². The van der Waals surface area contributed by atoms with Gasteiger partial charge in [0.25, 0.3) is 0 Å². The number of hydrogen-bond donors (Lipinski definition) is 1. The molecule has 0 bridgehead atoms. The number of nitrogens with zero attached hydrogens (tertiary/aromatic N) is 3. The van der Waals surface area contributed by atoms with Gasteiger partial charge < -0.3 is 5.32 Å². The summed E-state index contributed by atoms with van der Waals surface area (Å²) in [6.07, 6.45) is 0. The molecule has 0 aliphatic rings. The summed E-state index contributed by atoms with van der Waals surface area (Å²) in [7, 11) is 0. The molecule has 0 saturated carbocycles. The third kappa shape index (κ3) is 3.06. The minimum absolute atomic E-state index is 0.694. The Kier molecular flexibility index (Phi) is 4.36. The molecule has 0 atom stereocenters. The first-order chi connectivity index (χ1) is 13.0. The summed E-state index contributed by atoms with van der Waals surface area (Å²) in [4.78, 5) is 9.46. The Labute approximate surface area is 163 Å².